The molecule has 1 amide bonds. The molecule has 0 bridgehead atoms. The van der Waals surface area contributed by atoms with E-state index in [0.717, 1.165) is 37.4 Å². The van der Waals surface area contributed by atoms with Crippen molar-refractivity contribution >= 4 is 23.6 Å². The first-order valence-electron chi connectivity index (χ1n) is 11.0. The quantitative estimate of drug-likeness (QED) is 0.523. The van der Waals surface area contributed by atoms with Gasteiger partial charge in [-0.15, -0.1) is 0 Å². The number of rotatable bonds is 9. The van der Waals surface area contributed by atoms with Crippen LogP contribution < -0.4 is 10.2 Å². The summed E-state index contributed by atoms with van der Waals surface area (Å²) in [5, 5.41) is 21.6. The largest absolute Gasteiger partial charge is 0.508 e. The van der Waals surface area contributed by atoms with Gasteiger partial charge in [-0.05, 0) is 42.3 Å². The molecule has 1 fully saturated rings. The number of nitrogens with zero attached hydrogens (tertiary/aromatic N) is 2. The normalized spacial score (nSPS) is 15.9. The number of nitrogens with one attached hydrogen (secondary N) is 1. The molecule has 32 heavy (non-hydrogen) atoms. The van der Waals surface area contributed by atoms with E-state index in [4.69, 9.17) is 0 Å². The lowest BCUT2D eigenvalue weighted by atomic mass is 10.1. The van der Waals surface area contributed by atoms with Gasteiger partial charge >= 0.3 is 5.97 Å². The van der Waals surface area contributed by atoms with Crippen LogP contribution in [0.1, 0.15) is 25.3 Å². The van der Waals surface area contributed by atoms with Crippen molar-refractivity contribution in [3.8, 4) is 5.75 Å². The minimum atomic E-state index is -1.01. The van der Waals surface area contributed by atoms with Gasteiger partial charge in [0.15, 0.2) is 0 Å². The number of carboxylic acids is 1. The average molecular weight is 438 g/mol. The van der Waals surface area contributed by atoms with Gasteiger partial charge in [0.1, 0.15) is 11.8 Å². The Balaban J connectivity index is 1.69. The van der Waals surface area contributed by atoms with Crippen LogP contribution in [0.4, 0.5) is 5.69 Å². The maximum Gasteiger partial charge on any atom is 0.326 e. The first kappa shape index (κ1) is 23.3. The number of carbonyl (C=O) groups excluding carboxylic acids is 1. The smallest absolute Gasteiger partial charge is 0.326 e. The molecule has 0 radical (unpaired) electrons. The second kappa shape index (κ2) is 11.3. The third-order valence-electron chi connectivity index (χ3n) is 5.59. The fourth-order valence-corrected chi connectivity index (χ4v) is 3.80. The van der Waals surface area contributed by atoms with Crippen LogP contribution in [-0.2, 0) is 9.59 Å². The number of benzene rings is 2. The van der Waals surface area contributed by atoms with E-state index >= 15 is 0 Å². The van der Waals surface area contributed by atoms with Crippen molar-refractivity contribution in [1.29, 1.82) is 0 Å². The standard InChI is InChI=1S/C25H31N3O4/c1-2-6-23(25(31)32)26-24(30)20(17-19-7-4-3-5-8-19)18-27-13-15-28(16-14-27)21-9-11-22(29)12-10-21/h3-5,7-12,17,23,29H,2,6,13-16,18H2,1H3,(H,26,30)(H,31,32)/b20-17+. The molecule has 7 nitrogen and oxygen atoms in total. The number of carboxylic acid groups (broad SMARTS) is 1. The van der Waals surface area contributed by atoms with E-state index < -0.39 is 12.0 Å². The second-order valence-corrected chi connectivity index (χ2v) is 8.01. The SMILES string of the molecule is CCCC(NC(=O)/C(=C/c1ccccc1)CN1CCN(c2ccc(O)cc2)CC1)C(=O)O. The molecule has 0 spiro atoms. The minimum Gasteiger partial charge on any atom is -0.508 e. The van der Waals surface area contributed by atoms with E-state index in [-0.39, 0.29) is 11.7 Å². The minimum absolute atomic E-state index is 0.247. The van der Waals surface area contributed by atoms with Gasteiger partial charge in [-0.3, -0.25) is 9.69 Å². The number of amides is 1. The number of aliphatic carboxylic acids is 1. The van der Waals surface area contributed by atoms with E-state index in [2.05, 4.69) is 15.1 Å². The van der Waals surface area contributed by atoms with Gasteiger partial charge in [0, 0.05) is 44.0 Å². The van der Waals surface area contributed by atoms with E-state index in [9.17, 15) is 19.8 Å². The summed E-state index contributed by atoms with van der Waals surface area (Å²) in [6.45, 7) is 5.51. The Hall–Kier alpha value is -3.32. The molecule has 1 aliphatic rings. The Kier molecular flexibility index (Phi) is 8.27. The third kappa shape index (κ3) is 6.59. The maximum absolute atomic E-state index is 13.0. The number of hydrogen-bond donors (Lipinski definition) is 3. The van der Waals surface area contributed by atoms with E-state index in [1.807, 2.05) is 55.5 Å². The van der Waals surface area contributed by atoms with Gasteiger partial charge < -0.3 is 20.4 Å². The predicted molar refractivity (Wildman–Crippen MR) is 126 cm³/mol. The van der Waals surface area contributed by atoms with E-state index in [1.54, 1.807) is 12.1 Å². The lowest BCUT2D eigenvalue weighted by Gasteiger charge is -2.36. The highest BCUT2D eigenvalue weighted by Crippen LogP contribution is 2.20. The van der Waals surface area contributed by atoms with Crippen molar-refractivity contribution in [2.24, 2.45) is 0 Å². The van der Waals surface area contributed by atoms with E-state index in [0.29, 0.717) is 25.0 Å². The second-order valence-electron chi connectivity index (χ2n) is 8.01. The number of phenols is 1. The summed E-state index contributed by atoms with van der Waals surface area (Å²) in [5.74, 6) is -1.10. The first-order chi connectivity index (χ1) is 15.5. The molecule has 2 aromatic carbocycles. The molecule has 1 heterocycles. The van der Waals surface area contributed by atoms with Crippen LogP contribution in [0.5, 0.6) is 5.75 Å². The Morgan fingerprint density at radius 3 is 2.28 bits per heavy atom. The molecule has 170 valence electrons. The molecule has 1 saturated heterocycles. The highest BCUT2D eigenvalue weighted by atomic mass is 16.4. The number of carbonyl (C=O) groups is 2. The van der Waals surface area contributed by atoms with Crippen LogP contribution >= 0.6 is 0 Å². The molecule has 2 aromatic rings. The lowest BCUT2D eigenvalue weighted by molar-refractivity contribution is -0.141. The zero-order valence-electron chi connectivity index (χ0n) is 18.4. The van der Waals surface area contributed by atoms with Crippen molar-refractivity contribution in [2.75, 3.05) is 37.6 Å². The van der Waals surface area contributed by atoms with Crippen LogP contribution in [0.25, 0.3) is 6.08 Å². The summed E-state index contributed by atoms with van der Waals surface area (Å²) in [7, 11) is 0. The first-order valence-corrected chi connectivity index (χ1v) is 11.0. The summed E-state index contributed by atoms with van der Waals surface area (Å²) in [5.41, 5.74) is 2.52. The van der Waals surface area contributed by atoms with Crippen LogP contribution in [-0.4, -0.2) is 65.8 Å². The zero-order valence-corrected chi connectivity index (χ0v) is 18.4. The summed E-state index contributed by atoms with van der Waals surface area (Å²) >= 11 is 0. The number of anilines is 1. The van der Waals surface area contributed by atoms with Crippen molar-refractivity contribution in [2.45, 2.75) is 25.8 Å². The predicted octanol–water partition coefficient (Wildman–Crippen LogP) is 2.97. The fourth-order valence-electron chi connectivity index (χ4n) is 3.80. The van der Waals surface area contributed by atoms with Gasteiger partial charge in [-0.25, -0.2) is 4.79 Å². The zero-order chi connectivity index (χ0) is 22.9. The molecule has 1 aliphatic heterocycles. The van der Waals surface area contributed by atoms with Crippen LogP contribution in [0.15, 0.2) is 60.2 Å². The third-order valence-corrected chi connectivity index (χ3v) is 5.59. The Morgan fingerprint density at radius 1 is 1.03 bits per heavy atom. The molecule has 3 rings (SSSR count). The van der Waals surface area contributed by atoms with E-state index in [1.165, 1.54) is 0 Å². The highest BCUT2D eigenvalue weighted by molar-refractivity contribution is 6.00. The van der Waals surface area contributed by atoms with Gasteiger partial charge in [0.05, 0.1) is 0 Å². The topological polar surface area (TPSA) is 93.1 Å². The number of hydrogen-bond acceptors (Lipinski definition) is 5. The highest BCUT2D eigenvalue weighted by Gasteiger charge is 2.24. The molecule has 1 unspecified atom stereocenters. The fraction of sp³-hybridized carbons (Fsp3) is 0.360. The molecular weight excluding hydrogens is 406 g/mol. The van der Waals surface area contributed by atoms with Gasteiger partial charge in [-0.2, -0.15) is 0 Å². The average Bonchev–Trinajstić information content (AvgIpc) is 2.80. The van der Waals surface area contributed by atoms with Crippen LogP contribution in [0, 0.1) is 0 Å². The van der Waals surface area contributed by atoms with Gasteiger partial charge in [0.2, 0.25) is 5.91 Å². The summed E-state index contributed by atoms with van der Waals surface area (Å²) in [4.78, 5) is 29.0. The van der Waals surface area contributed by atoms with Crippen LogP contribution in [0.3, 0.4) is 0 Å². The monoisotopic (exact) mass is 437 g/mol. The Labute approximate surface area is 189 Å². The molecular formula is C25H31N3O4. The van der Waals surface area contributed by atoms with Crippen LogP contribution in [0.2, 0.25) is 0 Å². The molecule has 0 aromatic heterocycles. The molecule has 0 aliphatic carbocycles. The summed E-state index contributed by atoms with van der Waals surface area (Å²) < 4.78 is 0. The van der Waals surface area contributed by atoms with Gasteiger partial charge in [-0.1, -0.05) is 43.7 Å². The number of aromatic hydroxyl groups is 1. The molecule has 3 N–H and O–H groups in total. The molecule has 7 heteroatoms. The summed E-state index contributed by atoms with van der Waals surface area (Å²) in [6.07, 6.45) is 2.91. The van der Waals surface area contributed by atoms with Gasteiger partial charge in [0.25, 0.3) is 0 Å². The lowest BCUT2D eigenvalue weighted by Crippen LogP contribution is -2.48. The maximum atomic E-state index is 13.0. The van der Waals surface area contributed by atoms with Crippen molar-refractivity contribution in [3.05, 3.63) is 65.7 Å². The summed E-state index contributed by atoms with van der Waals surface area (Å²) in [6, 6.07) is 15.9. The van der Waals surface area contributed by atoms with Crippen molar-refractivity contribution in [1.82, 2.24) is 10.2 Å². The molecule has 0 saturated carbocycles. The molecule has 1 atom stereocenters. The Bertz CT molecular complexity index is 920. The number of piperazine rings is 1. The van der Waals surface area contributed by atoms with Crippen molar-refractivity contribution < 1.29 is 19.8 Å². The Morgan fingerprint density at radius 2 is 1.69 bits per heavy atom. The number of phenolic OH excluding ortho intramolecular Hbond substituents is 1. The van der Waals surface area contributed by atoms with Crippen molar-refractivity contribution in [3.63, 3.8) is 0 Å².